The van der Waals surface area contributed by atoms with E-state index in [1.807, 2.05) is 30.0 Å². The van der Waals surface area contributed by atoms with Gasteiger partial charge in [0.2, 0.25) is 5.13 Å². The van der Waals surface area contributed by atoms with Crippen molar-refractivity contribution in [3.05, 3.63) is 57.1 Å². The molecule has 0 saturated carbocycles. The summed E-state index contributed by atoms with van der Waals surface area (Å²) < 4.78 is 3.11. The first-order valence-corrected chi connectivity index (χ1v) is 12.6. The molecule has 166 valence electrons. The van der Waals surface area contributed by atoms with E-state index in [0.29, 0.717) is 0 Å². The van der Waals surface area contributed by atoms with E-state index in [9.17, 15) is 0 Å². The molecule has 1 aliphatic rings. The average Bonchev–Trinajstić information content (AvgIpc) is 3.45. The van der Waals surface area contributed by atoms with E-state index < -0.39 is 0 Å². The van der Waals surface area contributed by atoms with Gasteiger partial charge in [-0.2, -0.15) is 5.10 Å². The van der Waals surface area contributed by atoms with Crippen molar-refractivity contribution in [1.29, 1.82) is 0 Å². The van der Waals surface area contributed by atoms with Crippen molar-refractivity contribution in [2.45, 2.75) is 13.8 Å². The smallest absolute Gasteiger partial charge is 0.208 e. The number of benzene rings is 1. The third-order valence-corrected chi connectivity index (χ3v) is 8.15. The summed E-state index contributed by atoms with van der Waals surface area (Å²) in [6, 6.07) is 6.39. The number of piperazine rings is 1. The molecule has 1 saturated heterocycles. The van der Waals surface area contributed by atoms with E-state index in [4.69, 9.17) is 4.98 Å². The molecule has 0 atom stereocenters. The van der Waals surface area contributed by atoms with Crippen LogP contribution in [0.5, 0.6) is 0 Å². The van der Waals surface area contributed by atoms with Crippen LogP contribution < -0.4 is 9.80 Å². The van der Waals surface area contributed by atoms with Crippen molar-refractivity contribution in [3.63, 3.8) is 0 Å². The molecule has 5 heterocycles. The van der Waals surface area contributed by atoms with E-state index in [2.05, 4.69) is 84.0 Å². The van der Waals surface area contributed by atoms with Crippen molar-refractivity contribution in [2.24, 2.45) is 0 Å². The molecule has 6 rings (SSSR count). The summed E-state index contributed by atoms with van der Waals surface area (Å²) in [6.07, 6.45) is 7.81. The lowest BCUT2D eigenvalue weighted by Crippen LogP contribution is -2.46. The molecule has 1 aromatic carbocycles. The minimum Gasteiger partial charge on any atom is -0.365 e. The topological polar surface area (TPSA) is 75.3 Å². The van der Waals surface area contributed by atoms with E-state index in [-0.39, 0.29) is 0 Å². The number of aryl methyl sites for hydroxylation is 2. The fourth-order valence-corrected chi connectivity index (χ4v) is 5.50. The Morgan fingerprint density at radius 1 is 0.939 bits per heavy atom. The number of halogens is 1. The Hall–Kier alpha value is -2.86. The van der Waals surface area contributed by atoms with Gasteiger partial charge in [0.05, 0.1) is 29.8 Å². The molecule has 0 bridgehead atoms. The summed E-state index contributed by atoms with van der Waals surface area (Å²) in [6.45, 7) is 7.76. The summed E-state index contributed by atoms with van der Waals surface area (Å²) in [7, 11) is 0. The highest BCUT2D eigenvalue weighted by molar-refractivity contribution is 14.1. The molecule has 5 aromatic rings. The third-order valence-electron chi connectivity index (χ3n) is 6.09. The Kier molecular flexibility index (Phi) is 5.13. The van der Waals surface area contributed by atoms with Crippen LogP contribution in [0.4, 0.5) is 10.8 Å². The number of fused-ring (bicyclic) bond motifs is 2. The van der Waals surface area contributed by atoms with Crippen LogP contribution in [0.2, 0.25) is 0 Å². The summed E-state index contributed by atoms with van der Waals surface area (Å²) >= 11 is 4.03. The predicted molar refractivity (Wildman–Crippen MR) is 140 cm³/mol. The quantitative estimate of drug-likeness (QED) is 0.300. The molecule has 0 aliphatic carbocycles. The number of hydrogen-bond donors (Lipinski definition) is 0. The van der Waals surface area contributed by atoms with Gasteiger partial charge in [0, 0.05) is 46.9 Å². The second-order valence-corrected chi connectivity index (χ2v) is 10.5. The van der Waals surface area contributed by atoms with Crippen LogP contribution in [0.15, 0.2) is 43.0 Å². The van der Waals surface area contributed by atoms with Gasteiger partial charge in [-0.25, -0.2) is 9.50 Å². The largest absolute Gasteiger partial charge is 0.365 e. The van der Waals surface area contributed by atoms with Crippen LogP contribution in [-0.2, 0) is 0 Å². The lowest BCUT2D eigenvalue weighted by Gasteiger charge is -2.35. The standard InChI is InChI=1S/C23H21IN8S/c1-14-9-21-18(10-20(14)24)17(3-4-25-21)19-12-27-32-13-16(11-26-22(19)32)30-5-7-31(8-6-30)23-29-28-15(2)33-23/h3-4,9-13H,5-8H2,1-2H3. The molecule has 0 radical (unpaired) electrons. The van der Waals surface area contributed by atoms with Crippen LogP contribution in [0.1, 0.15) is 10.6 Å². The number of rotatable bonds is 3. The van der Waals surface area contributed by atoms with Gasteiger partial charge in [-0.05, 0) is 65.8 Å². The summed E-state index contributed by atoms with van der Waals surface area (Å²) in [5, 5.41) is 16.2. The molecule has 0 N–H and O–H groups in total. The monoisotopic (exact) mass is 568 g/mol. The Labute approximate surface area is 208 Å². The van der Waals surface area contributed by atoms with Gasteiger partial charge in [0.1, 0.15) is 5.01 Å². The van der Waals surface area contributed by atoms with Crippen molar-refractivity contribution in [2.75, 3.05) is 36.0 Å². The molecule has 33 heavy (non-hydrogen) atoms. The summed E-state index contributed by atoms with van der Waals surface area (Å²) in [5.41, 5.74) is 6.28. The van der Waals surface area contributed by atoms with Crippen LogP contribution in [-0.4, -0.2) is 56.0 Å². The first kappa shape index (κ1) is 20.7. The number of hydrogen-bond acceptors (Lipinski definition) is 8. The maximum absolute atomic E-state index is 4.82. The van der Waals surface area contributed by atoms with Gasteiger partial charge in [-0.1, -0.05) is 11.3 Å². The van der Waals surface area contributed by atoms with Crippen LogP contribution >= 0.6 is 33.9 Å². The minimum absolute atomic E-state index is 0.852. The first-order valence-electron chi connectivity index (χ1n) is 10.8. The van der Waals surface area contributed by atoms with Gasteiger partial charge in [0.25, 0.3) is 0 Å². The Balaban J connectivity index is 1.30. The Morgan fingerprint density at radius 3 is 2.55 bits per heavy atom. The molecule has 10 heteroatoms. The summed E-state index contributed by atoms with van der Waals surface area (Å²) in [4.78, 5) is 14.0. The van der Waals surface area contributed by atoms with Crippen LogP contribution in [0.3, 0.4) is 0 Å². The zero-order chi connectivity index (χ0) is 22.5. The number of anilines is 2. The van der Waals surface area contributed by atoms with Gasteiger partial charge >= 0.3 is 0 Å². The highest BCUT2D eigenvalue weighted by atomic mass is 127. The van der Waals surface area contributed by atoms with Gasteiger partial charge < -0.3 is 9.80 Å². The molecule has 1 fully saturated rings. The molecule has 1 aliphatic heterocycles. The van der Waals surface area contributed by atoms with Crippen molar-refractivity contribution in [3.8, 4) is 11.1 Å². The third kappa shape index (κ3) is 3.70. The number of aromatic nitrogens is 6. The van der Waals surface area contributed by atoms with Gasteiger partial charge in [0.15, 0.2) is 5.65 Å². The second-order valence-electron chi connectivity index (χ2n) is 8.19. The zero-order valence-electron chi connectivity index (χ0n) is 18.2. The van der Waals surface area contributed by atoms with Crippen molar-refractivity contribution >= 4 is 61.3 Å². The fourth-order valence-electron chi connectivity index (χ4n) is 4.29. The van der Waals surface area contributed by atoms with E-state index in [1.54, 1.807) is 11.3 Å². The lowest BCUT2D eigenvalue weighted by molar-refractivity contribution is 0.646. The first-order chi connectivity index (χ1) is 16.1. The molecular formula is C23H21IN8S. The SMILES string of the molecule is Cc1nnc(N2CCN(c3cnc4c(-c5ccnc6cc(C)c(I)cc56)cnn4c3)CC2)s1. The minimum atomic E-state index is 0.852. The highest BCUT2D eigenvalue weighted by Gasteiger charge is 2.21. The fraction of sp³-hybridized carbons (Fsp3) is 0.261. The second kappa shape index (κ2) is 8.17. The average molecular weight is 568 g/mol. The number of nitrogens with zero attached hydrogens (tertiary/aromatic N) is 8. The highest BCUT2D eigenvalue weighted by Crippen LogP contribution is 2.32. The van der Waals surface area contributed by atoms with E-state index in [1.165, 1.54) is 9.13 Å². The molecule has 0 spiro atoms. The van der Waals surface area contributed by atoms with Crippen LogP contribution in [0.25, 0.3) is 27.7 Å². The number of pyridine rings is 1. The van der Waals surface area contributed by atoms with E-state index >= 15 is 0 Å². The lowest BCUT2D eigenvalue weighted by atomic mass is 10.0. The van der Waals surface area contributed by atoms with Crippen molar-refractivity contribution < 1.29 is 0 Å². The van der Waals surface area contributed by atoms with Gasteiger partial charge in [-0.15, -0.1) is 10.2 Å². The molecular weight excluding hydrogens is 547 g/mol. The molecule has 8 nitrogen and oxygen atoms in total. The van der Waals surface area contributed by atoms with E-state index in [0.717, 1.165) is 69.7 Å². The molecule has 0 unspecified atom stereocenters. The maximum Gasteiger partial charge on any atom is 0.208 e. The molecule has 4 aromatic heterocycles. The predicted octanol–water partition coefficient (Wildman–Crippen LogP) is 4.34. The zero-order valence-corrected chi connectivity index (χ0v) is 21.2. The Bertz CT molecular complexity index is 1480. The summed E-state index contributed by atoms with van der Waals surface area (Å²) in [5.74, 6) is 0. The van der Waals surface area contributed by atoms with Crippen molar-refractivity contribution in [1.82, 2.24) is 29.8 Å². The normalized spacial score (nSPS) is 14.5. The molecule has 0 amide bonds. The van der Waals surface area contributed by atoms with Gasteiger partial charge in [-0.3, -0.25) is 4.98 Å². The van der Waals surface area contributed by atoms with Crippen LogP contribution in [0, 0.1) is 17.4 Å². The Morgan fingerprint density at radius 2 is 1.76 bits per heavy atom. The maximum atomic E-state index is 4.82.